The van der Waals surface area contributed by atoms with Gasteiger partial charge in [0.2, 0.25) is 0 Å². The lowest BCUT2D eigenvalue weighted by molar-refractivity contribution is 0.0166. The van der Waals surface area contributed by atoms with Crippen molar-refractivity contribution in [3.05, 3.63) is 34.9 Å². The van der Waals surface area contributed by atoms with Gasteiger partial charge in [-0.3, -0.25) is 0 Å². The van der Waals surface area contributed by atoms with Gasteiger partial charge in [-0.25, -0.2) is 0 Å². The van der Waals surface area contributed by atoms with E-state index in [0.717, 1.165) is 5.56 Å². The molecule has 1 rings (SSSR count). The standard InChI is InChI=1S/C12H14ClNO2/c1-8-6-9(7-14)2-3-10(8)12(16)11(15)4-5-13/h2-3,6,11-12,15-16H,4-5H2,1H3. The van der Waals surface area contributed by atoms with Crippen molar-refractivity contribution in [2.24, 2.45) is 0 Å². The predicted octanol–water partition coefficient (Wildman–Crippen LogP) is 1.89. The summed E-state index contributed by atoms with van der Waals surface area (Å²) in [7, 11) is 0. The highest BCUT2D eigenvalue weighted by atomic mass is 35.5. The molecule has 2 N–H and O–H groups in total. The van der Waals surface area contributed by atoms with Gasteiger partial charge in [-0.2, -0.15) is 5.26 Å². The molecule has 2 unspecified atom stereocenters. The Morgan fingerprint density at radius 2 is 2.12 bits per heavy atom. The van der Waals surface area contributed by atoms with Gasteiger partial charge in [0.25, 0.3) is 0 Å². The molecule has 0 aliphatic carbocycles. The Balaban J connectivity index is 2.92. The molecule has 0 aromatic heterocycles. The fourth-order valence-corrected chi connectivity index (χ4v) is 1.78. The average molecular weight is 240 g/mol. The van der Waals surface area contributed by atoms with Crippen molar-refractivity contribution in [1.82, 2.24) is 0 Å². The molecule has 0 bridgehead atoms. The third kappa shape index (κ3) is 2.96. The fourth-order valence-electron chi connectivity index (χ4n) is 1.55. The molecular formula is C12H14ClNO2. The van der Waals surface area contributed by atoms with Crippen molar-refractivity contribution >= 4 is 11.6 Å². The van der Waals surface area contributed by atoms with Gasteiger partial charge in [-0.05, 0) is 36.6 Å². The SMILES string of the molecule is Cc1cc(C#N)ccc1C(O)C(O)CCCl. The van der Waals surface area contributed by atoms with Crippen LogP contribution in [-0.2, 0) is 0 Å². The summed E-state index contributed by atoms with van der Waals surface area (Å²) in [4.78, 5) is 0. The molecule has 1 aromatic rings. The van der Waals surface area contributed by atoms with Crippen LogP contribution >= 0.6 is 11.6 Å². The first-order valence-electron chi connectivity index (χ1n) is 5.03. The summed E-state index contributed by atoms with van der Waals surface area (Å²) in [6.07, 6.45) is -1.49. The van der Waals surface area contributed by atoms with Crippen LogP contribution in [0.15, 0.2) is 18.2 Å². The van der Waals surface area contributed by atoms with Crippen LogP contribution in [0.5, 0.6) is 0 Å². The normalized spacial score (nSPS) is 14.2. The minimum Gasteiger partial charge on any atom is -0.390 e. The zero-order valence-electron chi connectivity index (χ0n) is 9.02. The van der Waals surface area contributed by atoms with Crippen LogP contribution in [0, 0.1) is 18.3 Å². The lowest BCUT2D eigenvalue weighted by Gasteiger charge is -2.19. The molecule has 0 heterocycles. The molecule has 0 aliphatic rings. The number of rotatable bonds is 4. The fraction of sp³-hybridized carbons (Fsp3) is 0.417. The van der Waals surface area contributed by atoms with Crippen LogP contribution in [0.1, 0.15) is 29.2 Å². The van der Waals surface area contributed by atoms with Crippen LogP contribution in [0.4, 0.5) is 0 Å². The van der Waals surface area contributed by atoms with Crippen LogP contribution in [-0.4, -0.2) is 22.2 Å². The number of nitrogens with zero attached hydrogens (tertiary/aromatic N) is 1. The zero-order valence-corrected chi connectivity index (χ0v) is 9.78. The van der Waals surface area contributed by atoms with E-state index in [9.17, 15) is 10.2 Å². The van der Waals surface area contributed by atoms with E-state index in [2.05, 4.69) is 0 Å². The molecule has 1 aromatic carbocycles. The van der Waals surface area contributed by atoms with Crippen LogP contribution in [0.3, 0.4) is 0 Å². The minimum absolute atomic E-state index is 0.299. The van der Waals surface area contributed by atoms with Gasteiger partial charge >= 0.3 is 0 Å². The number of halogens is 1. The quantitative estimate of drug-likeness (QED) is 0.789. The van der Waals surface area contributed by atoms with Crippen molar-refractivity contribution in [2.75, 3.05) is 5.88 Å². The number of aryl methyl sites for hydroxylation is 1. The highest BCUT2D eigenvalue weighted by Crippen LogP contribution is 2.23. The van der Waals surface area contributed by atoms with Gasteiger partial charge in [-0.1, -0.05) is 6.07 Å². The van der Waals surface area contributed by atoms with Gasteiger partial charge < -0.3 is 10.2 Å². The maximum Gasteiger partial charge on any atom is 0.105 e. The Hall–Kier alpha value is -1.08. The molecule has 0 radical (unpaired) electrons. The van der Waals surface area contributed by atoms with Crippen LogP contribution < -0.4 is 0 Å². The second kappa shape index (κ2) is 5.86. The first-order valence-corrected chi connectivity index (χ1v) is 5.56. The smallest absolute Gasteiger partial charge is 0.105 e. The number of aliphatic hydroxyl groups excluding tert-OH is 2. The Morgan fingerprint density at radius 1 is 1.44 bits per heavy atom. The number of hydrogen-bond donors (Lipinski definition) is 2. The number of aliphatic hydroxyl groups is 2. The topological polar surface area (TPSA) is 64.2 Å². The minimum atomic E-state index is -0.952. The number of alkyl halides is 1. The largest absolute Gasteiger partial charge is 0.390 e. The number of benzene rings is 1. The Bertz CT molecular complexity index is 400. The third-order valence-electron chi connectivity index (χ3n) is 2.49. The van der Waals surface area contributed by atoms with E-state index >= 15 is 0 Å². The first kappa shape index (κ1) is 13.0. The molecule has 0 amide bonds. The van der Waals surface area contributed by atoms with Gasteiger partial charge in [0.15, 0.2) is 0 Å². The molecule has 2 atom stereocenters. The average Bonchev–Trinajstić information content (AvgIpc) is 2.28. The second-order valence-corrected chi connectivity index (χ2v) is 4.05. The van der Waals surface area contributed by atoms with E-state index in [1.54, 1.807) is 25.1 Å². The van der Waals surface area contributed by atoms with Gasteiger partial charge in [0.05, 0.1) is 17.7 Å². The highest BCUT2D eigenvalue weighted by Gasteiger charge is 2.19. The van der Waals surface area contributed by atoms with E-state index in [-0.39, 0.29) is 0 Å². The van der Waals surface area contributed by atoms with Gasteiger partial charge in [-0.15, -0.1) is 11.6 Å². The third-order valence-corrected chi connectivity index (χ3v) is 2.71. The van der Waals surface area contributed by atoms with E-state index in [0.29, 0.717) is 23.4 Å². The number of hydrogen-bond acceptors (Lipinski definition) is 3. The maximum absolute atomic E-state index is 9.87. The lowest BCUT2D eigenvalue weighted by Crippen LogP contribution is -2.19. The molecule has 0 saturated heterocycles. The van der Waals surface area contributed by atoms with Crippen molar-refractivity contribution in [3.63, 3.8) is 0 Å². The molecule has 0 saturated carbocycles. The summed E-state index contributed by atoms with van der Waals surface area (Å²) in [6.45, 7) is 1.80. The molecule has 0 fully saturated rings. The van der Waals surface area contributed by atoms with Crippen molar-refractivity contribution in [3.8, 4) is 6.07 Å². The molecule has 86 valence electrons. The summed E-state index contributed by atoms with van der Waals surface area (Å²) < 4.78 is 0. The zero-order chi connectivity index (χ0) is 12.1. The Kier molecular flexibility index (Phi) is 4.75. The Labute approximate surface area is 99.9 Å². The maximum atomic E-state index is 9.87. The van der Waals surface area contributed by atoms with Crippen molar-refractivity contribution < 1.29 is 10.2 Å². The molecule has 0 aliphatic heterocycles. The van der Waals surface area contributed by atoms with E-state index in [1.165, 1.54) is 0 Å². The molecular weight excluding hydrogens is 226 g/mol. The molecule has 3 nitrogen and oxygen atoms in total. The van der Waals surface area contributed by atoms with E-state index < -0.39 is 12.2 Å². The first-order chi connectivity index (χ1) is 7.60. The van der Waals surface area contributed by atoms with E-state index in [4.69, 9.17) is 16.9 Å². The summed E-state index contributed by atoms with van der Waals surface area (Å²) >= 11 is 5.50. The number of nitriles is 1. The summed E-state index contributed by atoms with van der Waals surface area (Å²) in [5, 5.41) is 28.2. The van der Waals surface area contributed by atoms with Crippen molar-refractivity contribution in [1.29, 1.82) is 5.26 Å². The van der Waals surface area contributed by atoms with Gasteiger partial charge in [0.1, 0.15) is 6.10 Å². The van der Waals surface area contributed by atoms with Gasteiger partial charge in [0, 0.05) is 5.88 Å². The molecule has 16 heavy (non-hydrogen) atoms. The van der Waals surface area contributed by atoms with Crippen LogP contribution in [0.25, 0.3) is 0 Å². The van der Waals surface area contributed by atoms with E-state index in [1.807, 2.05) is 6.07 Å². The summed E-state index contributed by atoms with van der Waals surface area (Å²) in [5.74, 6) is 0.299. The molecule has 0 spiro atoms. The van der Waals surface area contributed by atoms with Crippen molar-refractivity contribution in [2.45, 2.75) is 25.6 Å². The molecule has 4 heteroatoms. The predicted molar refractivity (Wildman–Crippen MR) is 62.2 cm³/mol. The highest BCUT2D eigenvalue weighted by molar-refractivity contribution is 6.17. The second-order valence-electron chi connectivity index (χ2n) is 3.67. The van der Waals surface area contributed by atoms with Crippen LogP contribution in [0.2, 0.25) is 0 Å². The lowest BCUT2D eigenvalue weighted by atomic mass is 9.97. The monoisotopic (exact) mass is 239 g/mol. The Morgan fingerprint density at radius 3 is 2.62 bits per heavy atom. The summed E-state index contributed by atoms with van der Waals surface area (Å²) in [5.41, 5.74) is 1.97. The summed E-state index contributed by atoms with van der Waals surface area (Å²) in [6, 6.07) is 7.00.